The number of fused-ring (bicyclic) bond motifs is 1. The second kappa shape index (κ2) is 4.42. The monoisotopic (exact) mass is 222 g/mol. The molecule has 4 nitrogen and oxygen atoms in total. The highest BCUT2D eigenvalue weighted by Crippen LogP contribution is 2.39. The zero-order valence-electron chi connectivity index (χ0n) is 9.48. The van der Waals surface area contributed by atoms with Gasteiger partial charge in [0.2, 0.25) is 5.91 Å². The third-order valence-corrected chi connectivity index (χ3v) is 4.01. The summed E-state index contributed by atoms with van der Waals surface area (Å²) in [6.07, 6.45) is 4.76. The van der Waals surface area contributed by atoms with Gasteiger partial charge in [-0.1, -0.05) is 12.8 Å². The molecule has 2 aliphatic rings. The molecule has 0 bridgehead atoms. The number of amides is 1. The van der Waals surface area contributed by atoms with Crippen LogP contribution in [-0.4, -0.2) is 34.6 Å². The van der Waals surface area contributed by atoms with Crippen LogP contribution in [0.3, 0.4) is 0 Å². The summed E-state index contributed by atoms with van der Waals surface area (Å²) >= 11 is 0. The lowest BCUT2D eigenvalue weighted by Gasteiger charge is -2.47. The van der Waals surface area contributed by atoms with Gasteiger partial charge in [0, 0.05) is 19.0 Å². The van der Waals surface area contributed by atoms with Gasteiger partial charge in [-0.25, -0.2) is 0 Å². The van der Waals surface area contributed by atoms with Gasteiger partial charge in [0.05, 0.1) is 11.7 Å². The second-order valence-electron chi connectivity index (χ2n) is 4.97. The van der Waals surface area contributed by atoms with Gasteiger partial charge in [0.15, 0.2) is 0 Å². The molecule has 2 unspecified atom stereocenters. The molecule has 1 aliphatic carbocycles. The molecule has 2 rings (SSSR count). The van der Waals surface area contributed by atoms with Gasteiger partial charge in [-0.05, 0) is 19.3 Å². The summed E-state index contributed by atoms with van der Waals surface area (Å²) < 4.78 is 0. The van der Waals surface area contributed by atoms with E-state index in [2.05, 4.69) is 0 Å². The van der Waals surface area contributed by atoms with Crippen LogP contribution in [0.5, 0.6) is 0 Å². The zero-order chi connectivity index (χ0) is 11.6. The van der Waals surface area contributed by atoms with Crippen molar-refractivity contribution in [3.63, 3.8) is 0 Å². The fourth-order valence-electron chi connectivity index (χ4n) is 2.98. The Morgan fingerprint density at radius 3 is 3.06 bits per heavy atom. The molecular weight excluding hydrogens is 204 g/mol. The highest BCUT2D eigenvalue weighted by molar-refractivity contribution is 5.78. The Balaban J connectivity index is 2.00. The average molecular weight is 222 g/mol. The molecule has 2 fully saturated rings. The Hall–Kier alpha value is -1.08. The van der Waals surface area contributed by atoms with Crippen molar-refractivity contribution < 1.29 is 9.90 Å². The molecule has 1 amide bonds. The molecular formula is C12H18N2O2. The summed E-state index contributed by atoms with van der Waals surface area (Å²) in [5.41, 5.74) is -0.540. The molecule has 1 heterocycles. The number of aliphatic hydroxyl groups is 1. The van der Waals surface area contributed by atoms with Crippen molar-refractivity contribution in [2.75, 3.05) is 13.1 Å². The third-order valence-electron chi connectivity index (χ3n) is 4.01. The van der Waals surface area contributed by atoms with E-state index < -0.39 is 5.60 Å². The normalized spacial score (nSPS) is 34.0. The van der Waals surface area contributed by atoms with E-state index in [1.165, 1.54) is 0 Å². The molecule has 1 aliphatic heterocycles. The van der Waals surface area contributed by atoms with E-state index in [9.17, 15) is 9.90 Å². The summed E-state index contributed by atoms with van der Waals surface area (Å²) in [5, 5.41) is 18.9. The largest absolute Gasteiger partial charge is 0.389 e. The number of nitrogens with zero attached hydrogens (tertiary/aromatic N) is 2. The zero-order valence-corrected chi connectivity index (χ0v) is 9.48. The van der Waals surface area contributed by atoms with Crippen molar-refractivity contribution in [3.05, 3.63) is 0 Å². The topological polar surface area (TPSA) is 64.3 Å². The second-order valence-corrected chi connectivity index (χ2v) is 4.97. The number of hydrogen-bond acceptors (Lipinski definition) is 3. The molecule has 0 aromatic carbocycles. The number of carbonyl (C=O) groups excluding carboxylic acids is 1. The van der Waals surface area contributed by atoms with Gasteiger partial charge >= 0.3 is 0 Å². The van der Waals surface area contributed by atoms with Crippen LogP contribution in [0.25, 0.3) is 0 Å². The first-order chi connectivity index (χ1) is 7.65. The SMILES string of the molecule is N#CCC(=O)N1CCC2(O)CCCCC2C1. The number of carbonyl (C=O) groups is 1. The van der Waals surface area contributed by atoms with E-state index in [0.717, 1.165) is 25.7 Å². The molecule has 88 valence electrons. The maximum atomic E-state index is 11.6. The highest BCUT2D eigenvalue weighted by Gasteiger charge is 2.43. The Morgan fingerprint density at radius 1 is 1.50 bits per heavy atom. The third kappa shape index (κ3) is 2.05. The highest BCUT2D eigenvalue weighted by atomic mass is 16.3. The van der Waals surface area contributed by atoms with Crippen LogP contribution >= 0.6 is 0 Å². The van der Waals surface area contributed by atoms with Crippen molar-refractivity contribution in [3.8, 4) is 6.07 Å². The number of likely N-dealkylation sites (tertiary alicyclic amines) is 1. The number of rotatable bonds is 1. The van der Waals surface area contributed by atoms with Gasteiger partial charge in [-0.2, -0.15) is 5.26 Å². The minimum absolute atomic E-state index is 0.0366. The maximum Gasteiger partial charge on any atom is 0.236 e. The van der Waals surface area contributed by atoms with Gasteiger partial charge in [0.1, 0.15) is 6.42 Å². The predicted molar refractivity (Wildman–Crippen MR) is 58.3 cm³/mol. The van der Waals surface area contributed by atoms with Crippen molar-refractivity contribution in [2.45, 2.75) is 44.1 Å². The van der Waals surface area contributed by atoms with E-state index in [1.54, 1.807) is 4.90 Å². The smallest absolute Gasteiger partial charge is 0.236 e. The molecule has 4 heteroatoms. The van der Waals surface area contributed by atoms with E-state index >= 15 is 0 Å². The van der Waals surface area contributed by atoms with Gasteiger partial charge in [0.25, 0.3) is 0 Å². The molecule has 0 radical (unpaired) electrons. The predicted octanol–water partition coefficient (Wildman–Crippen LogP) is 1.05. The van der Waals surface area contributed by atoms with Crippen LogP contribution in [0.4, 0.5) is 0 Å². The minimum atomic E-state index is -0.540. The van der Waals surface area contributed by atoms with E-state index in [0.29, 0.717) is 19.5 Å². The van der Waals surface area contributed by atoms with Crippen LogP contribution in [0, 0.1) is 17.2 Å². The first kappa shape index (κ1) is 11.4. The van der Waals surface area contributed by atoms with Gasteiger partial charge < -0.3 is 10.0 Å². The Kier molecular flexibility index (Phi) is 3.15. The van der Waals surface area contributed by atoms with Crippen molar-refractivity contribution in [1.29, 1.82) is 5.26 Å². The number of piperidine rings is 1. The van der Waals surface area contributed by atoms with Crippen LogP contribution in [0.15, 0.2) is 0 Å². The fourth-order valence-corrected chi connectivity index (χ4v) is 2.98. The van der Waals surface area contributed by atoms with E-state index in [4.69, 9.17) is 5.26 Å². The summed E-state index contributed by atoms with van der Waals surface area (Å²) in [4.78, 5) is 13.3. The molecule has 0 aromatic rings. The molecule has 0 aromatic heterocycles. The summed E-state index contributed by atoms with van der Waals surface area (Å²) in [6.45, 7) is 1.24. The first-order valence-corrected chi connectivity index (χ1v) is 6.03. The van der Waals surface area contributed by atoms with Crippen molar-refractivity contribution in [1.82, 2.24) is 4.90 Å². The lowest BCUT2D eigenvalue weighted by molar-refractivity contribution is -0.142. The van der Waals surface area contributed by atoms with Crippen LogP contribution in [0.2, 0.25) is 0 Å². The molecule has 0 spiro atoms. The molecule has 1 saturated heterocycles. The Bertz CT molecular complexity index is 323. The van der Waals surface area contributed by atoms with Crippen molar-refractivity contribution >= 4 is 5.91 Å². The standard InChI is InChI=1S/C12H18N2O2/c13-7-4-11(15)14-8-6-12(16)5-2-1-3-10(12)9-14/h10,16H,1-6,8-9H2. The van der Waals surface area contributed by atoms with Crippen LogP contribution in [0.1, 0.15) is 38.5 Å². The van der Waals surface area contributed by atoms with Crippen molar-refractivity contribution in [2.24, 2.45) is 5.92 Å². The molecule has 1 saturated carbocycles. The Labute approximate surface area is 95.9 Å². The fraction of sp³-hybridized carbons (Fsp3) is 0.833. The van der Waals surface area contributed by atoms with E-state index in [1.807, 2.05) is 6.07 Å². The molecule has 1 N–H and O–H groups in total. The number of nitriles is 1. The summed E-state index contributed by atoms with van der Waals surface area (Å²) in [5.74, 6) is 0.132. The Morgan fingerprint density at radius 2 is 2.31 bits per heavy atom. The lowest BCUT2D eigenvalue weighted by Crippen LogP contribution is -2.54. The summed E-state index contributed by atoms with van der Waals surface area (Å²) in [7, 11) is 0. The maximum absolute atomic E-state index is 11.6. The molecule has 2 atom stereocenters. The lowest BCUT2D eigenvalue weighted by atomic mass is 9.71. The minimum Gasteiger partial charge on any atom is -0.389 e. The quantitative estimate of drug-likeness (QED) is 0.721. The van der Waals surface area contributed by atoms with E-state index in [-0.39, 0.29) is 18.2 Å². The van der Waals surface area contributed by atoms with Crippen LogP contribution in [-0.2, 0) is 4.79 Å². The molecule has 16 heavy (non-hydrogen) atoms. The number of hydrogen-bond donors (Lipinski definition) is 1. The van der Waals surface area contributed by atoms with Gasteiger partial charge in [-0.15, -0.1) is 0 Å². The van der Waals surface area contributed by atoms with Crippen LogP contribution < -0.4 is 0 Å². The van der Waals surface area contributed by atoms with Gasteiger partial charge in [-0.3, -0.25) is 4.79 Å². The summed E-state index contributed by atoms with van der Waals surface area (Å²) in [6, 6.07) is 1.89. The average Bonchev–Trinajstić information content (AvgIpc) is 2.28. The first-order valence-electron chi connectivity index (χ1n) is 6.03.